The van der Waals surface area contributed by atoms with Gasteiger partial charge in [0.15, 0.2) is 0 Å². The zero-order chi connectivity index (χ0) is 9.97. The summed E-state index contributed by atoms with van der Waals surface area (Å²) in [5.41, 5.74) is 1.09. The first-order valence-electron chi connectivity index (χ1n) is 4.82. The Morgan fingerprint density at radius 2 is 2.29 bits per heavy atom. The molecule has 0 atom stereocenters. The molecule has 0 saturated heterocycles. The van der Waals surface area contributed by atoms with Crippen molar-refractivity contribution in [3.63, 3.8) is 0 Å². The first-order chi connectivity index (χ1) is 6.79. The summed E-state index contributed by atoms with van der Waals surface area (Å²) in [6.45, 7) is 0.643. The number of methoxy groups -OCH3 is 1. The molecule has 0 bridgehead atoms. The van der Waals surface area contributed by atoms with Gasteiger partial charge in [-0.25, -0.2) is 9.97 Å². The van der Waals surface area contributed by atoms with E-state index in [9.17, 15) is 0 Å². The first-order valence-corrected chi connectivity index (χ1v) is 5.19. The van der Waals surface area contributed by atoms with Gasteiger partial charge in [-0.15, -0.1) is 0 Å². The third kappa shape index (κ3) is 2.42. The minimum atomic E-state index is 0.549. The van der Waals surface area contributed by atoms with E-state index in [1.807, 2.05) is 6.07 Å². The molecule has 2 rings (SSSR count). The molecule has 4 heteroatoms. The average Bonchev–Trinajstić information content (AvgIpc) is 2.97. The molecule has 76 valence electrons. The molecule has 0 spiro atoms. The molecule has 1 heterocycles. The Morgan fingerprint density at radius 1 is 1.50 bits per heavy atom. The van der Waals surface area contributed by atoms with Crippen molar-refractivity contribution >= 4 is 11.6 Å². The number of ether oxygens (including phenoxy) is 1. The summed E-state index contributed by atoms with van der Waals surface area (Å²) in [5, 5.41) is 0.549. The molecule has 1 aromatic heterocycles. The summed E-state index contributed by atoms with van der Waals surface area (Å²) >= 11 is 5.91. The van der Waals surface area contributed by atoms with Gasteiger partial charge in [-0.05, 0) is 18.9 Å². The molecule has 0 aromatic carbocycles. The van der Waals surface area contributed by atoms with Crippen molar-refractivity contribution in [3.8, 4) is 0 Å². The fourth-order valence-corrected chi connectivity index (χ4v) is 1.59. The zero-order valence-corrected chi connectivity index (χ0v) is 8.92. The number of rotatable bonds is 4. The minimum Gasteiger partial charge on any atom is -0.384 e. The van der Waals surface area contributed by atoms with Crippen molar-refractivity contribution in [2.75, 3.05) is 13.7 Å². The fraction of sp³-hybridized carbons (Fsp3) is 0.600. The van der Waals surface area contributed by atoms with Crippen molar-refractivity contribution in [1.29, 1.82) is 0 Å². The Morgan fingerprint density at radius 3 is 2.93 bits per heavy atom. The van der Waals surface area contributed by atoms with Crippen LogP contribution in [0.1, 0.15) is 30.3 Å². The summed E-state index contributed by atoms with van der Waals surface area (Å²) in [6, 6.07) is 1.87. The highest BCUT2D eigenvalue weighted by Crippen LogP contribution is 2.39. The Balaban J connectivity index is 2.13. The number of aromatic nitrogens is 2. The van der Waals surface area contributed by atoms with Crippen molar-refractivity contribution in [3.05, 3.63) is 22.7 Å². The Bertz CT molecular complexity index is 326. The highest BCUT2D eigenvalue weighted by molar-refractivity contribution is 6.29. The Labute approximate surface area is 88.5 Å². The molecule has 1 aliphatic carbocycles. The third-order valence-corrected chi connectivity index (χ3v) is 2.48. The van der Waals surface area contributed by atoms with E-state index in [4.69, 9.17) is 16.3 Å². The maximum atomic E-state index is 5.91. The first kappa shape index (κ1) is 9.87. The fourth-order valence-electron chi connectivity index (χ4n) is 1.38. The van der Waals surface area contributed by atoms with Gasteiger partial charge in [-0.2, -0.15) is 0 Å². The zero-order valence-electron chi connectivity index (χ0n) is 8.16. The minimum absolute atomic E-state index is 0.549. The Hall–Kier alpha value is -0.670. The van der Waals surface area contributed by atoms with E-state index >= 15 is 0 Å². The summed E-state index contributed by atoms with van der Waals surface area (Å²) in [6.07, 6.45) is 3.20. The summed E-state index contributed by atoms with van der Waals surface area (Å²) in [4.78, 5) is 8.61. The van der Waals surface area contributed by atoms with E-state index in [-0.39, 0.29) is 0 Å². The lowest BCUT2D eigenvalue weighted by molar-refractivity contribution is 0.200. The molecule has 0 radical (unpaired) electrons. The van der Waals surface area contributed by atoms with Gasteiger partial charge in [0.05, 0.1) is 6.61 Å². The van der Waals surface area contributed by atoms with Gasteiger partial charge >= 0.3 is 0 Å². The van der Waals surface area contributed by atoms with Crippen LogP contribution in [0, 0.1) is 0 Å². The van der Waals surface area contributed by atoms with Crippen molar-refractivity contribution in [1.82, 2.24) is 9.97 Å². The van der Waals surface area contributed by atoms with Crippen LogP contribution in [0.2, 0.25) is 5.15 Å². The molecule has 0 N–H and O–H groups in total. The number of halogens is 1. The van der Waals surface area contributed by atoms with E-state index in [1.165, 1.54) is 12.8 Å². The summed E-state index contributed by atoms with van der Waals surface area (Å²) < 4.78 is 4.98. The number of hydrogen-bond donors (Lipinski definition) is 0. The SMILES string of the molecule is COCCc1nc(Cl)cc(C2CC2)n1. The van der Waals surface area contributed by atoms with Crippen molar-refractivity contribution in [2.24, 2.45) is 0 Å². The van der Waals surface area contributed by atoms with Gasteiger partial charge in [0.2, 0.25) is 0 Å². The number of hydrogen-bond acceptors (Lipinski definition) is 3. The number of nitrogens with zero attached hydrogens (tertiary/aromatic N) is 2. The van der Waals surface area contributed by atoms with Crippen LogP contribution in [0.4, 0.5) is 0 Å². The molecule has 3 nitrogen and oxygen atoms in total. The normalized spacial score (nSPS) is 15.9. The molecule has 14 heavy (non-hydrogen) atoms. The largest absolute Gasteiger partial charge is 0.384 e. The lowest BCUT2D eigenvalue weighted by atomic mass is 10.3. The molecule has 0 aliphatic heterocycles. The molecule has 1 fully saturated rings. The highest BCUT2D eigenvalue weighted by atomic mass is 35.5. The van der Waals surface area contributed by atoms with Crippen LogP contribution >= 0.6 is 11.6 Å². The summed E-state index contributed by atoms with van der Waals surface area (Å²) in [5.74, 6) is 1.41. The molecule has 0 unspecified atom stereocenters. The van der Waals surface area contributed by atoms with Gasteiger partial charge < -0.3 is 4.74 Å². The van der Waals surface area contributed by atoms with Crippen molar-refractivity contribution in [2.45, 2.75) is 25.2 Å². The van der Waals surface area contributed by atoms with E-state index in [2.05, 4.69) is 9.97 Å². The van der Waals surface area contributed by atoms with E-state index < -0.39 is 0 Å². The molecule has 1 aliphatic rings. The molecular weight excluding hydrogens is 200 g/mol. The smallest absolute Gasteiger partial charge is 0.133 e. The molecule has 1 saturated carbocycles. The van der Waals surface area contributed by atoms with Gasteiger partial charge in [-0.1, -0.05) is 11.6 Å². The van der Waals surface area contributed by atoms with Gasteiger partial charge in [-0.3, -0.25) is 0 Å². The lowest BCUT2D eigenvalue weighted by Crippen LogP contribution is -2.03. The maximum absolute atomic E-state index is 5.91. The van der Waals surface area contributed by atoms with E-state index in [1.54, 1.807) is 7.11 Å². The predicted molar refractivity (Wildman–Crippen MR) is 54.6 cm³/mol. The molecular formula is C10H13ClN2O. The summed E-state index contributed by atoms with van der Waals surface area (Å²) in [7, 11) is 1.67. The lowest BCUT2D eigenvalue weighted by Gasteiger charge is -2.03. The average molecular weight is 213 g/mol. The van der Waals surface area contributed by atoms with E-state index in [0.717, 1.165) is 17.9 Å². The topological polar surface area (TPSA) is 35.0 Å². The van der Waals surface area contributed by atoms with Crippen LogP contribution in [0.15, 0.2) is 6.07 Å². The van der Waals surface area contributed by atoms with Crippen molar-refractivity contribution < 1.29 is 4.74 Å². The van der Waals surface area contributed by atoms with Gasteiger partial charge in [0.1, 0.15) is 11.0 Å². The third-order valence-electron chi connectivity index (χ3n) is 2.29. The van der Waals surface area contributed by atoms with Crippen LogP contribution in [0.3, 0.4) is 0 Å². The van der Waals surface area contributed by atoms with Crippen LogP contribution in [-0.2, 0) is 11.2 Å². The van der Waals surface area contributed by atoms with Crippen LogP contribution in [0.5, 0.6) is 0 Å². The van der Waals surface area contributed by atoms with E-state index in [0.29, 0.717) is 17.7 Å². The standard InChI is InChI=1S/C10H13ClN2O/c1-14-5-4-10-12-8(7-2-3-7)6-9(11)13-10/h6-7H,2-5H2,1H3. The molecule has 1 aromatic rings. The van der Waals surface area contributed by atoms with Gasteiger partial charge in [0.25, 0.3) is 0 Å². The second-order valence-electron chi connectivity index (χ2n) is 3.55. The van der Waals surface area contributed by atoms with Crippen LogP contribution in [-0.4, -0.2) is 23.7 Å². The predicted octanol–water partition coefficient (Wildman–Crippen LogP) is 2.20. The van der Waals surface area contributed by atoms with Gasteiger partial charge in [0, 0.05) is 25.1 Å². The quantitative estimate of drug-likeness (QED) is 0.718. The maximum Gasteiger partial charge on any atom is 0.133 e. The van der Waals surface area contributed by atoms with Crippen LogP contribution in [0.25, 0.3) is 0 Å². The monoisotopic (exact) mass is 212 g/mol. The molecule has 0 amide bonds. The second-order valence-corrected chi connectivity index (χ2v) is 3.94. The second kappa shape index (κ2) is 4.24. The highest BCUT2D eigenvalue weighted by Gasteiger charge is 2.25. The Kier molecular flexibility index (Phi) is 2.99. The van der Waals surface area contributed by atoms with Crippen LogP contribution < -0.4 is 0 Å².